The smallest absolute Gasteiger partial charge is 0.140 e. The average Bonchev–Trinajstić information content (AvgIpc) is 3.43. The number of H-pyrrole nitrogens is 2. The predicted octanol–water partition coefficient (Wildman–Crippen LogP) is 5.84. The molecule has 0 fully saturated rings. The van der Waals surface area contributed by atoms with Crippen LogP contribution in [0.3, 0.4) is 0 Å². The van der Waals surface area contributed by atoms with Crippen molar-refractivity contribution in [3.8, 4) is 22.8 Å². The Morgan fingerprint density at radius 3 is 1.77 bits per heavy atom. The summed E-state index contributed by atoms with van der Waals surface area (Å²) in [6, 6.07) is 15.3. The van der Waals surface area contributed by atoms with Crippen molar-refractivity contribution in [3.63, 3.8) is 0 Å². The second-order valence-electron chi connectivity index (χ2n) is 7.85. The molecule has 0 amide bonds. The Kier molecular flexibility index (Phi) is 9.65. The number of benzene rings is 2. The number of aromatic nitrogens is 4. The minimum Gasteiger partial charge on any atom is -0.345 e. The Balaban J connectivity index is 0.000000192. The van der Waals surface area contributed by atoms with E-state index in [1.54, 1.807) is 36.8 Å². The van der Waals surface area contributed by atoms with E-state index in [0.717, 1.165) is 12.2 Å². The molecule has 0 bridgehead atoms. The fraction of sp³-hybridized carbons (Fsp3) is 0.280. The van der Waals surface area contributed by atoms with Gasteiger partial charge in [-0.25, -0.2) is 14.4 Å². The highest BCUT2D eigenvalue weighted by Crippen LogP contribution is 2.22. The lowest BCUT2D eigenvalue weighted by molar-refractivity contribution is 0.630. The van der Waals surface area contributed by atoms with Gasteiger partial charge in [0, 0.05) is 30.4 Å². The third-order valence-electron chi connectivity index (χ3n) is 4.03. The Morgan fingerprint density at radius 1 is 0.806 bits per heavy atom. The normalized spacial score (nSPS) is 10.3. The SMILES string of the molecule is CC(C)Cc1ccccc1-c1ncc[nH]1.CC(C)N.Fc1ccccc1-c1ncc[nH]1. The highest BCUT2D eigenvalue weighted by molar-refractivity contribution is 5.60. The summed E-state index contributed by atoms with van der Waals surface area (Å²) >= 11 is 0. The Bertz CT molecular complexity index is 990. The molecule has 6 heteroatoms. The summed E-state index contributed by atoms with van der Waals surface area (Å²) in [6.45, 7) is 8.36. The molecule has 5 nitrogen and oxygen atoms in total. The van der Waals surface area contributed by atoms with Crippen LogP contribution in [-0.2, 0) is 6.42 Å². The zero-order chi connectivity index (χ0) is 22.6. The molecule has 31 heavy (non-hydrogen) atoms. The molecule has 2 heterocycles. The minimum absolute atomic E-state index is 0.257. The summed E-state index contributed by atoms with van der Waals surface area (Å²) in [7, 11) is 0. The van der Waals surface area contributed by atoms with Crippen molar-refractivity contribution in [1.82, 2.24) is 19.9 Å². The Morgan fingerprint density at radius 2 is 1.29 bits per heavy atom. The van der Waals surface area contributed by atoms with E-state index in [9.17, 15) is 4.39 Å². The molecule has 0 aliphatic rings. The van der Waals surface area contributed by atoms with Gasteiger partial charge in [0.1, 0.15) is 17.5 Å². The van der Waals surface area contributed by atoms with E-state index < -0.39 is 0 Å². The fourth-order valence-electron chi connectivity index (χ4n) is 2.85. The summed E-state index contributed by atoms with van der Waals surface area (Å²) in [5.41, 5.74) is 8.20. The van der Waals surface area contributed by atoms with Crippen LogP contribution in [0.15, 0.2) is 73.3 Å². The van der Waals surface area contributed by atoms with Crippen LogP contribution in [0.5, 0.6) is 0 Å². The first-order valence-corrected chi connectivity index (χ1v) is 10.5. The number of rotatable bonds is 4. The maximum atomic E-state index is 13.1. The van der Waals surface area contributed by atoms with Crippen LogP contribution >= 0.6 is 0 Å². The number of aromatic amines is 2. The zero-order valence-corrected chi connectivity index (χ0v) is 18.6. The Hall–Kier alpha value is -3.25. The van der Waals surface area contributed by atoms with Gasteiger partial charge >= 0.3 is 0 Å². The second kappa shape index (κ2) is 12.4. The van der Waals surface area contributed by atoms with E-state index in [-0.39, 0.29) is 5.82 Å². The van der Waals surface area contributed by atoms with Crippen molar-refractivity contribution < 1.29 is 4.39 Å². The number of imidazole rings is 2. The number of nitrogens with one attached hydrogen (secondary N) is 2. The summed E-state index contributed by atoms with van der Waals surface area (Å²) in [5.74, 6) is 1.94. The molecule has 4 aromatic rings. The summed E-state index contributed by atoms with van der Waals surface area (Å²) < 4.78 is 13.1. The minimum atomic E-state index is -0.257. The number of halogens is 1. The fourth-order valence-corrected chi connectivity index (χ4v) is 2.85. The molecule has 0 aliphatic carbocycles. The molecule has 4 rings (SSSR count). The standard InChI is InChI=1S/C13H16N2.C9H7FN2.C3H9N/c1-10(2)9-11-5-3-4-6-12(11)13-14-7-8-15-13;10-8-4-2-1-3-7(8)9-11-5-6-12-9;1-3(2)4/h3-8,10H,9H2,1-2H3,(H,14,15);1-6H,(H,11,12);3H,4H2,1-2H3. The van der Waals surface area contributed by atoms with Crippen LogP contribution in [0.2, 0.25) is 0 Å². The van der Waals surface area contributed by atoms with Crippen LogP contribution in [-0.4, -0.2) is 26.0 Å². The van der Waals surface area contributed by atoms with Crippen molar-refractivity contribution in [2.45, 2.75) is 40.2 Å². The molecule has 2 aromatic heterocycles. The monoisotopic (exact) mass is 421 g/mol. The third-order valence-corrected chi connectivity index (χ3v) is 4.03. The van der Waals surface area contributed by atoms with E-state index >= 15 is 0 Å². The van der Waals surface area contributed by atoms with Gasteiger partial charge in [-0.2, -0.15) is 0 Å². The first-order chi connectivity index (χ1) is 14.9. The number of hydrogen-bond acceptors (Lipinski definition) is 3. The van der Waals surface area contributed by atoms with Gasteiger partial charge in [-0.15, -0.1) is 0 Å². The highest BCUT2D eigenvalue weighted by Gasteiger charge is 2.07. The van der Waals surface area contributed by atoms with Crippen LogP contribution in [0.1, 0.15) is 33.3 Å². The van der Waals surface area contributed by atoms with Gasteiger partial charge in [-0.3, -0.25) is 0 Å². The third kappa shape index (κ3) is 8.18. The molecule has 0 saturated heterocycles. The molecule has 0 spiro atoms. The molecule has 0 aliphatic heterocycles. The molecular formula is C25H32FN5. The van der Waals surface area contributed by atoms with Crippen LogP contribution in [0.4, 0.5) is 4.39 Å². The van der Waals surface area contributed by atoms with Gasteiger partial charge in [0.15, 0.2) is 0 Å². The van der Waals surface area contributed by atoms with E-state index in [1.807, 2.05) is 20.0 Å². The molecule has 0 atom stereocenters. The second-order valence-corrected chi connectivity index (χ2v) is 7.85. The molecular weight excluding hydrogens is 389 g/mol. The molecule has 0 saturated carbocycles. The lowest BCUT2D eigenvalue weighted by Crippen LogP contribution is -2.06. The molecule has 164 valence electrons. The van der Waals surface area contributed by atoms with E-state index in [1.165, 1.54) is 17.2 Å². The summed E-state index contributed by atoms with van der Waals surface area (Å²) in [6.07, 6.45) is 8.02. The average molecular weight is 422 g/mol. The maximum absolute atomic E-state index is 13.1. The van der Waals surface area contributed by atoms with Gasteiger partial charge in [0.2, 0.25) is 0 Å². The predicted molar refractivity (Wildman–Crippen MR) is 126 cm³/mol. The first kappa shape index (κ1) is 24.0. The maximum Gasteiger partial charge on any atom is 0.140 e. The molecule has 4 N–H and O–H groups in total. The summed E-state index contributed by atoms with van der Waals surface area (Å²) in [4.78, 5) is 14.2. The lowest BCUT2D eigenvalue weighted by atomic mass is 9.98. The zero-order valence-electron chi connectivity index (χ0n) is 18.6. The topological polar surface area (TPSA) is 83.4 Å². The molecule has 0 unspecified atom stereocenters. The van der Waals surface area contributed by atoms with Gasteiger partial charge in [0.25, 0.3) is 0 Å². The van der Waals surface area contributed by atoms with Crippen LogP contribution in [0, 0.1) is 11.7 Å². The van der Waals surface area contributed by atoms with Crippen molar-refractivity contribution in [3.05, 3.63) is 84.7 Å². The van der Waals surface area contributed by atoms with Gasteiger partial charge in [-0.05, 0) is 36.1 Å². The molecule has 2 aromatic carbocycles. The number of nitrogens with zero attached hydrogens (tertiary/aromatic N) is 2. The van der Waals surface area contributed by atoms with Crippen LogP contribution < -0.4 is 5.73 Å². The number of hydrogen-bond donors (Lipinski definition) is 3. The van der Waals surface area contributed by atoms with Crippen molar-refractivity contribution in [1.29, 1.82) is 0 Å². The van der Waals surface area contributed by atoms with Gasteiger partial charge < -0.3 is 15.7 Å². The van der Waals surface area contributed by atoms with Crippen molar-refractivity contribution in [2.24, 2.45) is 11.7 Å². The van der Waals surface area contributed by atoms with Crippen LogP contribution in [0.25, 0.3) is 22.8 Å². The molecule has 0 radical (unpaired) electrons. The Labute approximate surface area is 184 Å². The van der Waals surface area contributed by atoms with E-state index in [0.29, 0.717) is 23.3 Å². The first-order valence-electron chi connectivity index (χ1n) is 10.5. The van der Waals surface area contributed by atoms with E-state index in [2.05, 4.69) is 58.0 Å². The largest absolute Gasteiger partial charge is 0.345 e. The van der Waals surface area contributed by atoms with Crippen molar-refractivity contribution in [2.75, 3.05) is 0 Å². The highest BCUT2D eigenvalue weighted by atomic mass is 19.1. The summed E-state index contributed by atoms with van der Waals surface area (Å²) in [5, 5.41) is 0. The van der Waals surface area contributed by atoms with Crippen molar-refractivity contribution >= 4 is 0 Å². The van der Waals surface area contributed by atoms with E-state index in [4.69, 9.17) is 5.73 Å². The number of nitrogens with two attached hydrogens (primary N) is 1. The lowest BCUT2D eigenvalue weighted by Gasteiger charge is -2.09. The quantitative estimate of drug-likeness (QED) is 0.387. The van der Waals surface area contributed by atoms with Gasteiger partial charge in [0.05, 0.1) is 5.56 Å². The van der Waals surface area contributed by atoms with Gasteiger partial charge in [-0.1, -0.05) is 64.1 Å².